The van der Waals surface area contributed by atoms with Crippen LogP contribution in [0.15, 0.2) is 12.3 Å². The summed E-state index contributed by atoms with van der Waals surface area (Å²) in [6.45, 7) is 11.0. The minimum atomic E-state index is -0.502. The van der Waals surface area contributed by atoms with Gasteiger partial charge in [0.15, 0.2) is 5.78 Å². The number of aryl methyl sites for hydroxylation is 1. The fourth-order valence-corrected chi connectivity index (χ4v) is 2.89. The van der Waals surface area contributed by atoms with Gasteiger partial charge in [-0.1, -0.05) is 0 Å². The first-order valence-electron chi connectivity index (χ1n) is 9.55. The van der Waals surface area contributed by atoms with E-state index < -0.39 is 11.7 Å². The summed E-state index contributed by atoms with van der Waals surface area (Å²) in [6.07, 6.45) is 3.11. The summed E-state index contributed by atoms with van der Waals surface area (Å²) in [4.78, 5) is 30.6. The van der Waals surface area contributed by atoms with Crippen LogP contribution in [-0.4, -0.2) is 55.3 Å². The minimum Gasteiger partial charge on any atom is -0.444 e. The van der Waals surface area contributed by atoms with Crippen molar-refractivity contribution in [2.45, 2.75) is 52.6 Å². The number of amides is 1. The maximum absolute atomic E-state index is 12.4. The summed E-state index contributed by atoms with van der Waals surface area (Å²) in [5.41, 5.74) is 1.15. The fourth-order valence-electron chi connectivity index (χ4n) is 2.89. The SMILES string of the molecule is Cc1cc(C(=O)CCCCNC(=O)OC(C)(C)C)cnc1N1CCOCC1. The molecule has 1 N–H and O–H groups in total. The van der Waals surface area contributed by atoms with Gasteiger partial charge in [-0.25, -0.2) is 9.78 Å². The second-order valence-electron chi connectivity index (χ2n) is 7.77. The number of nitrogens with zero attached hydrogens (tertiary/aromatic N) is 2. The van der Waals surface area contributed by atoms with Crippen LogP contribution in [0.1, 0.15) is 56.0 Å². The molecule has 0 aromatic carbocycles. The monoisotopic (exact) mass is 377 g/mol. The highest BCUT2D eigenvalue weighted by Gasteiger charge is 2.17. The Labute approximate surface area is 161 Å². The largest absolute Gasteiger partial charge is 0.444 e. The number of morpholine rings is 1. The average molecular weight is 377 g/mol. The van der Waals surface area contributed by atoms with Crippen molar-refractivity contribution in [3.63, 3.8) is 0 Å². The van der Waals surface area contributed by atoms with Crippen LogP contribution in [0.3, 0.4) is 0 Å². The predicted octanol–water partition coefficient (Wildman–Crippen LogP) is 3.10. The van der Waals surface area contributed by atoms with Gasteiger partial charge in [-0.3, -0.25) is 4.79 Å². The Bertz CT molecular complexity index is 649. The number of Topliss-reactive ketones (excluding diaryl/α,β-unsaturated/α-hetero) is 1. The molecule has 0 aliphatic carbocycles. The highest BCUT2D eigenvalue weighted by Crippen LogP contribution is 2.20. The Balaban J connectivity index is 1.74. The number of ether oxygens (including phenoxy) is 2. The first-order valence-corrected chi connectivity index (χ1v) is 9.55. The molecule has 150 valence electrons. The molecule has 1 fully saturated rings. The second-order valence-corrected chi connectivity index (χ2v) is 7.77. The lowest BCUT2D eigenvalue weighted by Gasteiger charge is -2.29. The summed E-state index contributed by atoms with van der Waals surface area (Å²) in [5.74, 6) is 1.01. The molecule has 7 heteroatoms. The van der Waals surface area contributed by atoms with Crippen LogP contribution in [-0.2, 0) is 9.47 Å². The number of carbonyl (C=O) groups is 2. The molecular formula is C20H31N3O4. The van der Waals surface area contributed by atoms with Gasteiger partial charge >= 0.3 is 6.09 Å². The third kappa shape index (κ3) is 7.17. The van der Waals surface area contributed by atoms with Crippen molar-refractivity contribution < 1.29 is 19.1 Å². The smallest absolute Gasteiger partial charge is 0.407 e. The third-order valence-corrected chi connectivity index (χ3v) is 4.18. The number of anilines is 1. The van der Waals surface area contributed by atoms with E-state index in [1.54, 1.807) is 6.20 Å². The van der Waals surface area contributed by atoms with E-state index in [2.05, 4.69) is 15.2 Å². The van der Waals surface area contributed by atoms with Crippen molar-refractivity contribution in [1.82, 2.24) is 10.3 Å². The van der Waals surface area contributed by atoms with Crippen LogP contribution in [0.5, 0.6) is 0 Å². The zero-order valence-electron chi connectivity index (χ0n) is 16.8. The number of ketones is 1. The Morgan fingerprint density at radius 2 is 1.96 bits per heavy atom. The van der Waals surface area contributed by atoms with E-state index in [4.69, 9.17) is 9.47 Å². The lowest BCUT2D eigenvalue weighted by molar-refractivity contribution is 0.0527. The van der Waals surface area contributed by atoms with Gasteiger partial charge in [0.05, 0.1) is 13.2 Å². The molecule has 2 rings (SSSR count). The summed E-state index contributed by atoms with van der Waals surface area (Å²) in [5, 5.41) is 2.71. The Kier molecular flexibility index (Phi) is 7.59. The van der Waals surface area contributed by atoms with Gasteiger partial charge in [-0.05, 0) is 52.2 Å². The van der Waals surface area contributed by atoms with Crippen molar-refractivity contribution in [3.8, 4) is 0 Å². The van der Waals surface area contributed by atoms with Gasteiger partial charge in [0.25, 0.3) is 0 Å². The normalized spacial score (nSPS) is 14.7. The van der Waals surface area contributed by atoms with E-state index in [-0.39, 0.29) is 5.78 Å². The Morgan fingerprint density at radius 1 is 1.26 bits per heavy atom. The molecule has 0 unspecified atom stereocenters. The molecule has 1 aliphatic heterocycles. The van der Waals surface area contributed by atoms with Crippen LogP contribution in [0, 0.1) is 6.92 Å². The Hall–Kier alpha value is -2.15. The van der Waals surface area contributed by atoms with E-state index in [0.29, 0.717) is 38.2 Å². The van der Waals surface area contributed by atoms with E-state index >= 15 is 0 Å². The van der Waals surface area contributed by atoms with Crippen LogP contribution < -0.4 is 10.2 Å². The average Bonchev–Trinajstić information content (AvgIpc) is 2.60. The van der Waals surface area contributed by atoms with Crippen molar-refractivity contribution >= 4 is 17.7 Å². The van der Waals surface area contributed by atoms with Crippen LogP contribution in [0.2, 0.25) is 0 Å². The molecule has 1 amide bonds. The van der Waals surface area contributed by atoms with Gasteiger partial charge in [0.1, 0.15) is 11.4 Å². The number of hydrogen-bond donors (Lipinski definition) is 1. The zero-order valence-corrected chi connectivity index (χ0v) is 16.8. The molecule has 27 heavy (non-hydrogen) atoms. The minimum absolute atomic E-state index is 0.0800. The maximum atomic E-state index is 12.4. The third-order valence-electron chi connectivity index (χ3n) is 4.18. The second kappa shape index (κ2) is 9.69. The van der Waals surface area contributed by atoms with Gasteiger partial charge in [0, 0.05) is 37.8 Å². The van der Waals surface area contributed by atoms with E-state index in [1.807, 2.05) is 33.8 Å². The van der Waals surface area contributed by atoms with Crippen molar-refractivity contribution in [2.75, 3.05) is 37.7 Å². The first kappa shape index (κ1) is 21.2. The van der Waals surface area contributed by atoms with Crippen LogP contribution >= 0.6 is 0 Å². The molecule has 0 radical (unpaired) electrons. The lowest BCUT2D eigenvalue weighted by atomic mass is 10.1. The lowest BCUT2D eigenvalue weighted by Crippen LogP contribution is -2.37. The summed E-state index contributed by atoms with van der Waals surface area (Å²) >= 11 is 0. The molecule has 0 spiro atoms. The number of rotatable bonds is 7. The predicted molar refractivity (Wildman–Crippen MR) is 104 cm³/mol. The van der Waals surface area contributed by atoms with Crippen molar-refractivity contribution in [3.05, 3.63) is 23.4 Å². The fraction of sp³-hybridized carbons (Fsp3) is 0.650. The standard InChI is InChI=1S/C20H31N3O4/c1-15-13-16(14-22-18(15)23-9-11-26-12-10-23)17(24)7-5-6-8-21-19(25)27-20(2,3)4/h13-14H,5-12H2,1-4H3,(H,21,25). The van der Waals surface area contributed by atoms with E-state index in [0.717, 1.165) is 30.9 Å². The number of carbonyl (C=O) groups excluding carboxylic acids is 2. The zero-order chi connectivity index (χ0) is 19.9. The Morgan fingerprint density at radius 3 is 2.59 bits per heavy atom. The molecule has 1 aliphatic rings. The molecule has 0 atom stereocenters. The first-order chi connectivity index (χ1) is 12.8. The molecule has 0 saturated carbocycles. The molecule has 7 nitrogen and oxygen atoms in total. The van der Waals surface area contributed by atoms with E-state index in [1.165, 1.54) is 0 Å². The van der Waals surface area contributed by atoms with Gasteiger partial charge < -0.3 is 19.7 Å². The van der Waals surface area contributed by atoms with Gasteiger partial charge in [0.2, 0.25) is 0 Å². The molecule has 1 saturated heterocycles. The number of pyridine rings is 1. The summed E-state index contributed by atoms with van der Waals surface area (Å²) < 4.78 is 10.5. The summed E-state index contributed by atoms with van der Waals surface area (Å²) in [6, 6.07) is 1.92. The quantitative estimate of drug-likeness (QED) is 0.581. The van der Waals surface area contributed by atoms with Gasteiger partial charge in [-0.2, -0.15) is 0 Å². The number of alkyl carbamates (subject to hydrolysis) is 1. The molecule has 1 aromatic rings. The maximum Gasteiger partial charge on any atom is 0.407 e. The molecule has 1 aromatic heterocycles. The van der Waals surface area contributed by atoms with Crippen LogP contribution in [0.25, 0.3) is 0 Å². The molecule has 0 bridgehead atoms. The highest BCUT2D eigenvalue weighted by atomic mass is 16.6. The van der Waals surface area contributed by atoms with E-state index in [9.17, 15) is 9.59 Å². The number of unbranched alkanes of at least 4 members (excludes halogenated alkanes) is 1. The van der Waals surface area contributed by atoms with Crippen molar-refractivity contribution in [1.29, 1.82) is 0 Å². The van der Waals surface area contributed by atoms with Crippen LogP contribution in [0.4, 0.5) is 10.6 Å². The molecular weight excluding hydrogens is 346 g/mol. The highest BCUT2D eigenvalue weighted by molar-refractivity contribution is 5.96. The number of hydrogen-bond acceptors (Lipinski definition) is 6. The number of nitrogens with one attached hydrogen (secondary N) is 1. The van der Waals surface area contributed by atoms with Gasteiger partial charge in [-0.15, -0.1) is 0 Å². The summed E-state index contributed by atoms with van der Waals surface area (Å²) in [7, 11) is 0. The number of aromatic nitrogens is 1. The molecule has 2 heterocycles. The topological polar surface area (TPSA) is 80.8 Å². The van der Waals surface area contributed by atoms with Crippen molar-refractivity contribution in [2.24, 2.45) is 0 Å².